The zero-order valence-electron chi connectivity index (χ0n) is 14.1. The molecule has 24 heavy (non-hydrogen) atoms. The van der Waals surface area contributed by atoms with Crippen LogP contribution in [0.5, 0.6) is 0 Å². The third-order valence-electron chi connectivity index (χ3n) is 3.50. The smallest absolute Gasteiger partial charge is 0.264 e. The minimum Gasteiger partial charge on any atom is -0.326 e. The van der Waals surface area contributed by atoms with Gasteiger partial charge in [0.05, 0.1) is 10.6 Å². The number of benzene rings is 2. The van der Waals surface area contributed by atoms with Crippen LogP contribution in [0.15, 0.2) is 59.5 Å². The quantitative estimate of drug-likeness (QED) is 0.868. The van der Waals surface area contributed by atoms with Crippen LogP contribution in [0.1, 0.15) is 27.2 Å². The fourth-order valence-corrected chi connectivity index (χ4v) is 4.02. The van der Waals surface area contributed by atoms with Crippen LogP contribution in [0.25, 0.3) is 0 Å². The molecule has 0 atom stereocenters. The van der Waals surface area contributed by atoms with Crippen molar-refractivity contribution in [3.63, 3.8) is 0 Å². The number of carbonyl (C=O) groups excluding carboxylic acids is 1. The molecule has 2 aromatic rings. The van der Waals surface area contributed by atoms with Gasteiger partial charge in [-0.2, -0.15) is 0 Å². The van der Waals surface area contributed by atoms with Crippen LogP contribution in [0.4, 0.5) is 11.4 Å². The highest BCUT2D eigenvalue weighted by atomic mass is 32.2. The largest absolute Gasteiger partial charge is 0.326 e. The van der Waals surface area contributed by atoms with Crippen molar-refractivity contribution in [3.8, 4) is 0 Å². The molecule has 0 unspecified atom stereocenters. The van der Waals surface area contributed by atoms with Crippen LogP contribution in [0.2, 0.25) is 0 Å². The second-order valence-corrected chi connectivity index (χ2v) is 7.47. The number of para-hydroxylation sites is 1. The van der Waals surface area contributed by atoms with Crippen molar-refractivity contribution in [2.24, 2.45) is 0 Å². The van der Waals surface area contributed by atoms with Gasteiger partial charge >= 0.3 is 0 Å². The number of amides is 1. The summed E-state index contributed by atoms with van der Waals surface area (Å²) in [7, 11) is -3.68. The van der Waals surface area contributed by atoms with E-state index in [1.807, 2.05) is 32.0 Å². The first-order valence-electron chi connectivity index (χ1n) is 7.85. The molecule has 0 heterocycles. The molecule has 0 fully saturated rings. The van der Waals surface area contributed by atoms with E-state index in [-0.39, 0.29) is 16.8 Å². The predicted octanol–water partition coefficient (Wildman–Crippen LogP) is 3.64. The molecule has 0 radical (unpaired) electrons. The molecule has 0 spiro atoms. The fraction of sp³-hybridized carbons (Fsp3) is 0.278. The van der Waals surface area contributed by atoms with Gasteiger partial charge in [0.1, 0.15) is 0 Å². The molecule has 5 nitrogen and oxygen atoms in total. The molecule has 0 bridgehead atoms. The van der Waals surface area contributed by atoms with Gasteiger partial charge in [-0.25, -0.2) is 8.42 Å². The van der Waals surface area contributed by atoms with E-state index in [1.165, 1.54) is 16.4 Å². The summed E-state index contributed by atoms with van der Waals surface area (Å²) in [6.07, 6.45) is 0.370. The SMILES string of the molecule is CCC(=O)Nc1ccc(S(=O)(=O)N(c2ccccc2)C(C)C)cc1. The monoisotopic (exact) mass is 346 g/mol. The summed E-state index contributed by atoms with van der Waals surface area (Å²) >= 11 is 0. The van der Waals surface area contributed by atoms with Crippen molar-refractivity contribution >= 4 is 27.3 Å². The molecule has 2 aromatic carbocycles. The molecule has 0 aliphatic heterocycles. The number of sulfonamides is 1. The first-order chi connectivity index (χ1) is 11.4. The zero-order chi connectivity index (χ0) is 17.7. The topological polar surface area (TPSA) is 66.5 Å². The van der Waals surface area contributed by atoms with Crippen LogP contribution < -0.4 is 9.62 Å². The highest BCUT2D eigenvalue weighted by Crippen LogP contribution is 2.26. The normalized spacial score (nSPS) is 11.3. The van der Waals surface area contributed by atoms with E-state index in [0.29, 0.717) is 17.8 Å². The van der Waals surface area contributed by atoms with Gasteiger partial charge in [-0.05, 0) is 50.2 Å². The lowest BCUT2D eigenvalue weighted by atomic mass is 10.3. The van der Waals surface area contributed by atoms with Crippen molar-refractivity contribution in [2.45, 2.75) is 38.1 Å². The summed E-state index contributed by atoms with van der Waals surface area (Å²) in [5.74, 6) is -0.112. The van der Waals surface area contributed by atoms with Crippen LogP contribution in [0.3, 0.4) is 0 Å². The van der Waals surface area contributed by atoms with Crippen LogP contribution in [-0.4, -0.2) is 20.4 Å². The molecule has 1 amide bonds. The van der Waals surface area contributed by atoms with E-state index in [9.17, 15) is 13.2 Å². The van der Waals surface area contributed by atoms with Gasteiger partial charge in [0, 0.05) is 18.2 Å². The lowest BCUT2D eigenvalue weighted by molar-refractivity contribution is -0.115. The van der Waals surface area contributed by atoms with Gasteiger partial charge in [0.15, 0.2) is 0 Å². The average Bonchev–Trinajstić information content (AvgIpc) is 2.55. The average molecular weight is 346 g/mol. The van der Waals surface area contributed by atoms with Gasteiger partial charge in [-0.15, -0.1) is 0 Å². The minimum absolute atomic E-state index is 0.112. The fourth-order valence-electron chi connectivity index (χ4n) is 2.36. The Bertz CT molecular complexity index is 785. The van der Waals surface area contributed by atoms with Gasteiger partial charge in [0.25, 0.3) is 10.0 Å². The standard InChI is InChI=1S/C18H22N2O3S/c1-4-18(21)19-15-10-12-17(13-11-15)24(22,23)20(14(2)3)16-8-6-5-7-9-16/h5-14H,4H2,1-3H3,(H,19,21). The number of anilines is 2. The second kappa shape index (κ2) is 7.49. The first-order valence-corrected chi connectivity index (χ1v) is 9.29. The maximum atomic E-state index is 13.0. The Balaban J connectivity index is 2.36. The van der Waals surface area contributed by atoms with E-state index in [0.717, 1.165) is 0 Å². The summed E-state index contributed by atoms with van der Waals surface area (Å²) in [6, 6.07) is 15.0. The summed E-state index contributed by atoms with van der Waals surface area (Å²) in [6.45, 7) is 5.43. The lowest BCUT2D eigenvalue weighted by Gasteiger charge is -2.28. The van der Waals surface area contributed by atoms with Crippen molar-refractivity contribution in [2.75, 3.05) is 9.62 Å². The molecule has 0 aliphatic rings. The van der Waals surface area contributed by atoms with Crippen molar-refractivity contribution in [1.82, 2.24) is 0 Å². The minimum atomic E-state index is -3.68. The number of nitrogens with zero attached hydrogens (tertiary/aromatic N) is 1. The number of carbonyl (C=O) groups is 1. The summed E-state index contributed by atoms with van der Waals surface area (Å²) in [5.41, 5.74) is 1.20. The highest BCUT2D eigenvalue weighted by Gasteiger charge is 2.27. The molecular formula is C18H22N2O3S. The van der Waals surface area contributed by atoms with Gasteiger partial charge < -0.3 is 5.32 Å². The zero-order valence-corrected chi connectivity index (χ0v) is 14.9. The van der Waals surface area contributed by atoms with E-state index >= 15 is 0 Å². The van der Waals surface area contributed by atoms with Gasteiger partial charge in [-0.3, -0.25) is 9.10 Å². The highest BCUT2D eigenvalue weighted by molar-refractivity contribution is 7.92. The lowest BCUT2D eigenvalue weighted by Crippen LogP contribution is -2.36. The van der Waals surface area contributed by atoms with Crippen LogP contribution in [0, 0.1) is 0 Å². The number of nitrogens with one attached hydrogen (secondary N) is 1. The molecule has 0 aromatic heterocycles. The Morgan fingerprint density at radius 2 is 1.62 bits per heavy atom. The molecule has 128 valence electrons. The Kier molecular flexibility index (Phi) is 5.62. The first kappa shape index (κ1) is 18.0. The number of rotatable bonds is 6. The van der Waals surface area contributed by atoms with E-state index in [4.69, 9.17) is 0 Å². The number of hydrogen-bond donors (Lipinski definition) is 1. The second-order valence-electron chi connectivity index (χ2n) is 5.66. The maximum absolute atomic E-state index is 13.0. The molecule has 0 saturated carbocycles. The molecule has 1 N–H and O–H groups in total. The Hall–Kier alpha value is -2.34. The third kappa shape index (κ3) is 3.94. The van der Waals surface area contributed by atoms with E-state index in [1.54, 1.807) is 31.2 Å². The molecule has 0 aliphatic carbocycles. The summed E-state index contributed by atoms with van der Waals surface area (Å²) < 4.78 is 27.4. The molecule has 6 heteroatoms. The maximum Gasteiger partial charge on any atom is 0.264 e. The third-order valence-corrected chi connectivity index (χ3v) is 5.51. The molecule has 2 rings (SSSR count). The number of hydrogen-bond acceptors (Lipinski definition) is 3. The Morgan fingerprint density at radius 1 is 1.04 bits per heavy atom. The molecule has 0 saturated heterocycles. The Labute approximate surface area is 143 Å². The van der Waals surface area contributed by atoms with E-state index < -0.39 is 10.0 Å². The van der Waals surface area contributed by atoms with Gasteiger partial charge in [-0.1, -0.05) is 25.1 Å². The van der Waals surface area contributed by atoms with Crippen molar-refractivity contribution in [3.05, 3.63) is 54.6 Å². The van der Waals surface area contributed by atoms with Crippen LogP contribution >= 0.6 is 0 Å². The summed E-state index contributed by atoms with van der Waals surface area (Å²) in [5, 5.41) is 2.71. The predicted molar refractivity (Wildman–Crippen MR) is 96.6 cm³/mol. The van der Waals surface area contributed by atoms with Crippen molar-refractivity contribution < 1.29 is 13.2 Å². The molecular weight excluding hydrogens is 324 g/mol. The Morgan fingerprint density at radius 3 is 2.12 bits per heavy atom. The van der Waals surface area contributed by atoms with Crippen LogP contribution in [-0.2, 0) is 14.8 Å². The summed E-state index contributed by atoms with van der Waals surface area (Å²) in [4.78, 5) is 11.6. The van der Waals surface area contributed by atoms with Gasteiger partial charge in [0.2, 0.25) is 5.91 Å². The van der Waals surface area contributed by atoms with E-state index in [2.05, 4.69) is 5.32 Å². The van der Waals surface area contributed by atoms with Crippen molar-refractivity contribution in [1.29, 1.82) is 0 Å².